The number of halogens is 2. The average molecular weight is 339 g/mol. The summed E-state index contributed by atoms with van der Waals surface area (Å²) >= 11 is 0. The van der Waals surface area contributed by atoms with Crippen molar-refractivity contribution in [3.63, 3.8) is 0 Å². The van der Waals surface area contributed by atoms with Crippen molar-refractivity contribution in [2.45, 2.75) is 71.4 Å². The Morgan fingerprint density at radius 2 is 1.96 bits per heavy atom. The summed E-state index contributed by atoms with van der Waals surface area (Å²) in [4.78, 5) is 4.32. The normalized spacial score (nSPS) is 31.3. The molecule has 0 radical (unpaired) electrons. The van der Waals surface area contributed by atoms with Gasteiger partial charge >= 0.3 is 0 Å². The van der Waals surface area contributed by atoms with Gasteiger partial charge in [0.2, 0.25) is 0 Å². The van der Waals surface area contributed by atoms with Crippen LogP contribution in [-0.4, -0.2) is 56.4 Å². The SMILES string of the molecule is CC[C@@H](O)[C@@H](C)[C@H](F)C=NOC.CC[C@H]1OC(OC)[C@@H](F)[C@@H]1C. The third kappa shape index (κ3) is 7.10. The zero-order valence-corrected chi connectivity index (χ0v) is 14.9. The number of oxime groups is 1. The maximum Gasteiger partial charge on any atom is 0.189 e. The van der Waals surface area contributed by atoms with E-state index in [0.717, 1.165) is 12.6 Å². The van der Waals surface area contributed by atoms with Crippen molar-refractivity contribution in [1.82, 2.24) is 0 Å². The molecule has 7 heteroatoms. The molecule has 0 bridgehead atoms. The highest BCUT2D eigenvalue weighted by Crippen LogP contribution is 2.31. The van der Waals surface area contributed by atoms with Crippen LogP contribution in [0.2, 0.25) is 0 Å². The fraction of sp³-hybridized carbons (Fsp3) is 0.938. The van der Waals surface area contributed by atoms with Gasteiger partial charge in [0, 0.05) is 18.9 Å². The predicted octanol–water partition coefficient (Wildman–Crippen LogP) is 3.11. The van der Waals surface area contributed by atoms with Crippen molar-refractivity contribution < 1.29 is 28.2 Å². The molecule has 1 aliphatic rings. The van der Waals surface area contributed by atoms with E-state index in [-0.39, 0.29) is 12.0 Å². The summed E-state index contributed by atoms with van der Waals surface area (Å²) in [5.41, 5.74) is 0. The molecule has 5 nitrogen and oxygen atoms in total. The van der Waals surface area contributed by atoms with Crippen LogP contribution in [0.3, 0.4) is 0 Å². The Morgan fingerprint density at radius 3 is 2.30 bits per heavy atom. The minimum Gasteiger partial charge on any atom is -0.399 e. The van der Waals surface area contributed by atoms with Crippen LogP contribution in [0, 0.1) is 11.8 Å². The van der Waals surface area contributed by atoms with E-state index in [2.05, 4.69) is 9.99 Å². The van der Waals surface area contributed by atoms with Crippen LogP contribution in [0.4, 0.5) is 8.78 Å². The van der Waals surface area contributed by atoms with Crippen molar-refractivity contribution in [1.29, 1.82) is 0 Å². The Balaban J connectivity index is 0.000000422. The monoisotopic (exact) mass is 339 g/mol. The molecular weight excluding hydrogens is 308 g/mol. The lowest BCUT2D eigenvalue weighted by atomic mass is 9.98. The van der Waals surface area contributed by atoms with Gasteiger partial charge in [0.25, 0.3) is 0 Å². The fourth-order valence-electron chi connectivity index (χ4n) is 2.32. The van der Waals surface area contributed by atoms with Crippen LogP contribution < -0.4 is 0 Å². The standard InChI is InChI=1S/C8H16FNO2.C8H15FO2/c1-4-8(11)6(2)7(9)5-10-12-3;1-4-6-5(2)7(9)8(10-3)11-6/h5-8,11H,4H2,1-3H3;5-8H,4H2,1-3H3/t6-,7+,8+;5-,6-,7+,8?/m01/s1. The molecule has 7 atom stereocenters. The van der Waals surface area contributed by atoms with E-state index in [0.29, 0.717) is 6.42 Å². The average Bonchev–Trinajstić information content (AvgIpc) is 2.86. The Morgan fingerprint density at radius 1 is 1.35 bits per heavy atom. The molecule has 0 saturated carbocycles. The van der Waals surface area contributed by atoms with E-state index < -0.39 is 30.7 Å². The number of hydrogen-bond acceptors (Lipinski definition) is 5. The van der Waals surface area contributed by atoms with E-state index in [1.165, 1.54) is 14.2 Å². The third-order valence-electron chi connectivity index (χ3n) is 4.13. The molecule has 0 aliphatic carbocycles. The fourth-order valence-corrected chi connectivity index (χ4v) is 2.32. The largest absolute Gasteiger partial charge is 0.399 e. The molecule has 1 N–H and O–H groups in total. The maximum atomic E-state index is 13.2. The minimum absolute atomic E-state index is 0.0231. The molecule has 1 fully saturated rings. The van der Waals surface area contributed by atoms with Crippen LogP contribution in [0.1, 0.15) is 40.5 Å². The third-order valence-corrected chi connectivity index (χ3v) is 4.13. The number of hydrogen-bond donors (Lipinski definition) is 1. The predicted molar refractivity (Wildman–Crippen MR) is 85.9 cm³/mol. The van der Waals surface area contributed by atoms with Gasteiger partial charge in [-0.15, -0.1) is 0 Å². The lowest BCUT2D eigenvalue weighted by Crippen LogP contribution is -2.27. The highest BCUT2D eigenvalue weighted by Gasteiger charge is 2.41. The van der Waals surface area contributed by atoms with Crippen molar-refractivity contribution in [3.05, 3.63) is 0 Å². The number of rotatable bonds is 7. The van der Waals surface area contributed by atoms with Crippen LogP contribution >= 0.6 is 0 Å². The molecule has 0 aromatic carbocycles. The van der Waals surface area contributed by atoms with Crippen LogP contribution in [0.25, 0.3) is 0 Å². The lowest BCUT2D eigenvalue weighted by Gasteiger charge is -2.17. The summed E-state index contributed by atoms with van der Waals surface area (Å²) in [6.07, 6.45) is -1.01. The number of ether oxygens (including phenoxy) is 2. The van der Waals surface area contributed by atoms with E-state index >= 15 is 0 Å². The second-order valence-electron chi connectivity index (χ2n) is 5.71. The van der Waals surface area contributed by atoms with E-state index in [4.69, 9.17) is 9.47 Å². The van der Waals surface area contributed by atoms with Gasteiger partial charge in [-0.3, -0.25) is 0 Å². The van der Waals surface area contributed by atoms with E-state index in [1.807, 2.05) is 13.8 Å². The first-order valence-corrected chi connectivity index (χ1v) is 8.04. The van der Waals surface area contributed by atoms with Crippen molar-refractivity contribution in [2.75, 3.05) is 14.2 Å². The molecule has 0 amide bonds. The molecule has 1 unspecified atom stereocenters. The number of aliphatic hydroxyl groups is 1. The number of alkyl halides is 2. The van der Waals surface area contributed by atoms with Gasteiger partial charge in [0.05, 0.1) is 18.4 Å². The Kier molecular flexibility index (Phi) is 11.3. The molecule has 1 saturated heterocycles. The topological polar surface area (TPSA) is 60.3 Å². The number of nitrogens with zero attached hydrogens (tertiary/aromatic N) is 1. The van der Waals surface area contributed by atoms with Gasteiger partial charge in [-0.2, -0.15) is 0 Å². The summed E-state index contributed by atoms with van der Waals surface area (Å²) in [7, 11) is 2.83. The Hall–Kier alpha value is -0.790. The summed E-state index contributed by atoms with van der Waals surface area (Å²) in [5.74, 6) is -0.473. The highest BCUT2D eigenvalue weighted by molar-refractivity contribution is 5.62. The van der Waals surface area contributed by atoms with Gasteiger partial charge in [0.15, 0.2) is 12.5 Å². The second kappa shape index (κ2) is 11.7. The maximum absolute atomic E-state index is 13.2. The summed E-state index contributed by atoms with van der Waals surface area (Å²) in [6.45, 7) is 7.30. The second-order valence-corrected chi connectivity index (χ2v) is 5.71. The van der Waals surface area contributed by atoms with Crippen LogP contribution in [0.5, 0.6) is 0 Å². The molecule has 0 aromatic heterocycles. The van der Waals surface area contributed by atoms with Gasteiger partial charge in [-0.25, -0.2) is 8.78 Å². The molecule has 1 rings (SSSR count). The van der Waals surface area contributed by atoms with Gasteiger partial charge in [-0.05, 0) is 12.8 Å². The summed E-state index contributed by atoms with van der Waals surface area (Å²) in [6, 6.07) is 0. The molecular formula is C16H31F2NO4. The van der Waals surface area contributed by atoms with Crippen LogP contribution in [-0.2, 0) is 14.3 Å². The molecule has 1 aliphatic heterocycles. The molecule has 1 heterocycles. The quantitative estimate of drug-likeness (QED) is 0.572. The first-order valence-electron chi connectivity index (χ1n) is 8.04. The van der Waals surface area contributed by atoms with Crippen LogP contribution in [0.15, 0.2) is 5.16 Å². The van der Waals surface area contributed by atoms with Gasteiger partial charge in [-0.1, -0.05) is 32.9 Å². The molecule has 23 heavy (non-hydrogen) atoms. The zero-order chi connectivity index (χ0) is 18.0. The molecule has 0 spiro atoms. The molecule has 138 valence electrons. The number of methoxy groups -OCH3 is 1. The van der Waals surface area contributed by atoms with Crippen molar-refractivity contribution in [2.24, 2.45) is 17.0 Å². The first kappa shape index (κ1) is 22.2. The Labute approximate surface area is 138 Å². The first-order chi connectivity index (χ1) is 10.8. The Bertz CT molecular complexity index is 315. The van der Waals surface area contributed by atoms with Crippen molar-refractivity contribution in [3.8, 4) is 0 Å². The highest BCUT2D eigenvalue weighted by atomic mass is 19.1. The van der Waals surface area contributed by atoms with Crippen molar-refractivity contribution >= 4 is 6.21 Å². The lowest BCUT2D eigenvalue weighted by molar-refractivity contribution is -0.135. The number of aliphatic hydroxyl groups excluding tert-OH is 1. The summed E-state index contributed by atoms with van der Waals surface area (Å²) in [5, 5.41) is 12.6. The smallest absolute Gasteiger partial charge is 0.189 e. The zero-order valence-electron chi connectivity index (χ0n) is 14.9. The van der Waals surface area contributed by atoms with Gasteiger partial charge < -0.3 is 19.4 Å². The minimum atomic E-state index is -1.25. The summed E-state index contributed by atoms with van der Waals surface area (Å²) < 4.78 is 36.3. The van der Waals surface area contributed by atoms with E-state index in [9.17, 15) is 13.9 Å². The molecule has 0 aromatic rings. The van der Waals surface area contributed by atoms with Gasteiger partial charge in [0.1, 0.15) is 13.3 Å². The van der Waals surface area contributed by atoms with E-state index in [1.54, 1.807) is 13.8 Å².